The van der Waals surface area contributed by atoms with Gasteiger partial charge in [-0.05, 0) is 23.8 Å². The highest BCUT2D eigenvalue weighted by atomic mass is 19.4. The molecule has 3 N–H and O–H groups in total. The van der Waals surface area contributed by atoms with Crippen LogP contribution in [0, 0.1) is 5.82 Å². The average Bonchev–Trinajstić information content (AvgIpc) is 2.12. The van der Waals surface area contributed by atoms with E-state index < -0.39 is 25.1 Å². The molecular weight excluding hydrogens is 252 g/mol. The molecule has 1 aromatic rings. The van der Waals surface area contributed by atoms with Crippen LogP contribution in [0.4, 0.5) is 23.2 Å². The van der Waals surface area contributed by atoms with Crippen molar-refractivity contribution >= 4 is 5.69 Å². The number of halogens is 4. The molecule has 0 bridgehead atoms. The molecule has 0 aliphatic carbocycles. The fourth-order valence-electron chi connectivity index (χ4n) is 1.63. The molecule has 18 heavy (non-hydrogen) atoms. The van der Waals surface area contributed by atoms with Crippen molar-refractivity contribution in [1.82, 2.24) is 4.90 Å². The lowest BCUT2D eigenvalue weighted by atomic mass is 10.2. The number of nitrogens with two attached hydrogens (primary N) is 1. The van der Waals surface area contributed by atoms with E-state index in [1.807, 2.05) is 0 Å². The molecule has 0 aromatic heterocycles. The number of benzene rings is 1. The van der Waals surface area contributed by atoms with Gasteiger partial charge >= 0.3 is 6.18 Å². The van der Waals surface area contributed by atoms with Gasteiger partial charge in [0.05, 0.1) is 13.2 Å². The second kappa shape index (κ2) is 6.01. The first-order valence-electron chi connectivity index (χ1n) is 5.25. The molecule has 7 heteroatoms. The summed E-state index contributed by atoms with van der Waals surface area (Å²) < 4.78 is 49.8. The molecule has 0 saturated heterocycles. The Balaban J connectivity index is 2.76. The summed E-state index contributed by atoms with van der Waals surface area (Å²) in [5.74, 6) is -0.596. The van der Waals surface area contributed by atoms with Crippen molar-refractivity contribution in [3.05, 3.63) is 29.6 Å². The highest BCUT2D eigenvalue weighted by molar-refractivity contribution is 5.41. The maximum Gasteiger partial charge on any atom is 0.401 e. The number of rotatable bonds is 5. The first-order valence-corrected chi connectivity index (χ1v) is 5.25. The lowest BCUT2D eigenvalue weighted by Crippen LogP contribution is -2.35. The van der Waals surface area contributed by atoms with Gasteiger partial charge < -0.3 is 10.8 Å². The van der Waals surface area contributed by atoms with E-state index >= 15 is 0 Å². The summed E-state index contributed by atoms with van der Waals surface area (Å²) in [5, 5.41) is 8.71. The zero-order chi connectivity index (χ0) is 13.8. The van der Waals surface area contributed by atoms with Crippen LogP contribution < -0.4 is 5.73 Å². The smallest absolute Gasteiger partial charge is 0.399 e. The van der Waals surface area contributed by atoms with E-state index in [1.165, 1.54) is 6.07 Å². The van der Waals surface area contributed by atoms with Gasteiger partial charge in [-0.15, -0.1) is 0 Å². The number of hydrogen-bond acceptors (Lipinski definition) is 3. The number of nitrogen functional groups attached to an aromatic ring is 1. The lowest BCUT2D eigenvalue weighted by molar-refractivity contribution is -0.147. The Kier molecular flexibility index (Phi) is 4.92. The second-order valence-electron chi connectivity index (χ2n) is 3.94. The Morgan fingerprint density at radius 1 is 1.22 bits per heavy atom. The first-order chi connectivity index (χ1) is 8.30. The van der Waals surface area contributed by atoms with Crippen LogP contribution in [0.5, 0.6) is 0 Å². The van der Waals surface area contributed by atoms with Crippen molar-refractivity contribution < 1.29 is 22.7 Å². The van der Waals surface area contributed by atoms with Crippen molar-refractivity contribution in [3.63, 3.8) is 0 Å². The third-order valence-corrected chi connectivity index (χ3v) is 2.21. The van der Waals surface area contributed by atoms with Crippen LogP contribution in [0.1, 0.15) is 5.56 Å². The summed E-state index contributed by atoms with van der Waals surface area (Å²) in [7, 11) is 0. The Bertz CT molecular complexity index is 375. The van der Waals surface area contributed by atoms with Gasteiger partial charge in [0.25, 0.3) is 0 Å². The van der Waals surface area contributed by atoms with E-state index in [-0.39, 0.29) is 18.8 Å². The normalized spacial score (nSPS) is 12.1. The van der Waals surface area contributed by atoms with Gasteiger partial charge in [-0.2, -0.15) is 13.2 Å². The number of alkyl halides is 3. The summed E-state index contributed by atoms with van der Waals surface area (Å²) in [5.41, 5.74) is 5.90. The molecule has 0 heterocycles. The molecular formula is C11H14F4N2O. The predicted molar refractivity (Wildman–Crippen MR) is 59.2 cm³/mol. The Morgan fingerprint density at radius 3 is 2.39 bits per heavy atom. The summed E-state index contributed by atoms with van der Waals surface area (Å²) >= 11 is 0. The van der Waals surface area contributed by atoms with Crippen molar-refractivity contribution in [2.45, 2.75) is 12.7 Å². The number of nitrogens with zero attached hydrogens (tertiary/aromatic N) is 1. The van der Waals surface area contributed by atoms with Crippen LogP contribution in [0.3, 0.4) is 0 Å². The minimum Gasteiger partial charge on any atom is -0.399 e. The predicted octanol–water partition coefficient (Wildman–Crippen LogP) is 1.76. The SMILES string of the molecule is Nc1cc(F)cc(CN(CCO)CC(F)(F)F)c1. The number of anilines is 1. The maximum absolute atomic E-state index is 13.0. The van der Waals surface area contributed by atoms with E-state index in [9.17, 15) is 17.6 Å². The minimum atomic E-state index is -4.37. The number of aliphatic hydroxyl groups is 1. The van der Waals surface area contributed by atoms with Crippen LogP contribution in [0.2, 0.25) is 0 Å². The summed E-state index contributed by atoms with van der Waals surface area (Å²) in [6.07, 6.45) is -4.37. The lowest BCUT2D eigenvalue weighted by Gasteiger charge is -2.22. The van der Waals surface area contributed by atoms with E-state index in [1.54, 1.807) is 0 Å². The van der Waals surface area contributed by atoms with Gasteiger partial charge in [0.2, 0.25) is 0 Å². The highest BCUT2D eigenvalue weighted by Gasteiger charge is 2.30. The molecule has 102 valence electrons. The largest absolute Gasteiger partial charge is 0.401 e. The zero-order valence-corrected chi connectivity index (χ0v) is 9.54. The van der Waals surface area contributed by atoms with Crippen LogP contribution in [-0.4, -0.2) is 35.9 Å². The van der Waals surface area contributed by atoms with Gasteiger partial charge in [0.15, 0.2) is 0 Å². The van der Waals surface area contributed by atoms with Crippen LogP contribution in [0.25, 0.3) is 0 Å². The molecule has 0 saturated carbocycles. The van der Waals surface area contributed by atoms with Gasteiger partial charge in [-0.3, -0.25) is 4.90 Å². The topological polar surface area (TPSA) is 49.5 Å². The summed E-state index contributed by atoms with van der Waals surface area (Å²) in [4.78, 5) is 0.980. The standard InChI is InChI=1S/C11H14F4N2O/c12-9-3-8(4-10(16)5-9)6-17(1-2-18)7-11(13,14)15/h3-5,18H,1-2,6-7,16H2. The van der Waals surface area contributed by atoms with Gasteiger partial charge in [-0.25, -0.2) is 4.39 Å². The molecule has 0 unspecified atom stereocenters. The van der Waals surface area contributed by atoms with Crippen LogP contribution in [0.15, 0.2) is 18.2 Å². The van der Waals surface area contributed by atoms with Crippen molar-refractivity contribution in [3.8, 4) is 0 Å². The molecule has 0 atom stereocenters. The van der Waals surface area contributed by atoms with Crippen LogP contribution >= 0.6 is 0 Å². The summed E-state index contributed by atoms with van der Waals surface area (Å²) in [6, 6.07) is 3.62. The van der Waals surface area contributed by atoms with E-state index in [2.05, 4.69) is 0 Å². The van der Waals surface area contributed by atoms with Crippen molar-refractivity contribution in [2.24, 2.45) is 0 Å². The first kappa shape index (κ1) is 14.7. The van der Waals surface area contributed by atoms with E-state index in [4.69, 9.17) is 10.8 Å². The zero-order valence-electron chi connectivity index (χ0n) is 9.54. The molecule has 3 nitrogen and oxygen atoms in total. The number of aliphatic hydroxyl groups excluding tert-OH is 1. The highest BCUT2D eigenvalue weighted by Crippen LogP contribution is 2.19. The summed E-state index contributed by atoms with van der Waals surface area (Å²) in [6.45, 7) is -1.83. The fourth-order valence-corrected chi connectivity index (χ4v) is 1.63. The van der Waals surface area contributed by atoms with Gasteiger partial charge in [-0.1, -0.05) is 0 Å². The number of hydrogen-bond donors (Lipinski definition) is 2. The Labute approximate surface area is 102 Å². The maximum atomic E-state index is 13.0. The molecule has 0 aliphatic rings. The molecule has 1 rings (SSSR count). The minimum absolute atomic E-state index is 0.123. The monoisotopic (exact) mass is 266 g/mol. The van der Waals surface area contributed by atoms with Crippen LogP contribution in [-0.2, 0) is 6.54 Å². The molecule has 0 radical (unpaired) electrons. The second-order valence-corrected chi connectivity index (χ2v) is 3.94. The quantitative estimate of drug-likeness (QED) is 0.630. The van der Waals surface area contributed by atoms with Crippen molar-refractivity contribution in [1.29, 1.82) is 0 Å². The molecule has 0 amide bonds. The van der Waals surface area contributed by atoms with E-state index in [0.717, 1.165) is 17.0 Å². The third kappa shape index (κ3) is 5.33. The van der Waals surface area contributed by atoms with Gasteiger partial charge in [0, 0.05) is 18.8 Å². The fraction of sp³-hybridized carbons (Fsp3) is 0.455. The Hall–Kier alpha value is -1.34. The molecule has 0 aliphatic heterocycles. The molecule has 0 fully saturated rings. The third-order valence-electron chi connectivity index (χ3n) is 2.21. The van der Waals surface area contributed by atoms with Crippen molar-refractivity contribution in [2.75, 3.05) is 25.4 Å². The molecule has 0 spiro atoms. The molecule has 1 aromatic carbocycles. The van der Waals surface area contributed by atoms with Gasteiger partial charge in [0.1, 0.15) is 5.82 Å². The average molecular weight is 266 g/mol. The van der Waals surface area contributed by atoms with E-state index in [0.29, 0.717) is 5.56 Å². The Morgan fingerprint density at radius 2 is 1.89 bits per heavy atom.